The molecule has 0 saturated heterocycles. The number of carboxylic acids is 1. The van der Waals surface area contributed by atoms with Gasteiger partial charge in [-0.3, -0.25) is 4.68 Å². The van der Waals surface area contributed by atoms with Crippen LogP contribution in [0.3, 0.4) is 0 Å². The molecule has 0 aliphatic carbocycles. The third kappa shape index (κ3) is 5.83. The van der Waals surface area contributed by atoms with E-state index in [-0.39, 0.29) is 12.1 Å². The first-order chi connectivity index (χ1) is 17.8. The lowest BCUT2D eigenvalue weighted by Crippen LogP contribution is -2.43. The number of fused-ring (bicyclic) bond motifs is 1. The molecule has 0 saturated carbocycles. The van der Waals surface area contributed by atoms with Gasteiger partial charge in [0.1, 0.15) is 0 Å². The number of hydrogen-bond acceptors (Lipinski definition) is 3. The maximum atomic E-state index is 11.0. The van der Waals surface area contributed by atoms with Crippen molar-refractivity contribution in [3.63, 3.8) is 0 Å². The zero-order valence-electron chi connectivity index (χ0n) is 22.1. The van der Waals surface area contributed by atoms with Gasteiger partial charge in [0.2, 0.25) is 0 Å². The second kappa shape index (κ2) is 11.3. The van der Waals surface area contributed by atoms with Crippen molar-refractivity contribution in [3.8, 4) is 11.1 Å². The molecule has 2 heterocycles. The number of nitrogens with zero attached hydrogens (tertiary/aromatic N) is 3. The van der Waals surface area contributed by atoms with E-state index >= 15 is 0 Å². The Bertz CT molecular complexity index is 1380. The van der Waals surface area contributed by atoms with E-state index in [1.807, 2.05) is 49.3 Å². The number of carboxylic acid groups (broad SMARTS) is 1. The smallest absolute Gasteiger partial charge is 0.328 e. The van der Waals surface area contributed by atoms with Gasteiger partial charge in [0.15, 0.2) is 0 Å². The second-order valence-corrected chi connectivity index (χ2v) is 9.57. The van der Waals surface area contributed by atoms with Gasteiger partial charge in [-0.1, -0.05) is 62.1 Å². The van der Waals surface area contributed by atoms with E-state index in [1.165, 1.54) is 22.4 Å². The van der Waals surface area contributed by atoms with Crippen molar-refractivity contribution in [2.45, 2.75) is 45.7 Å². The number of benzene rings is 2. The third-order valence-corrected chi connectivity index (χ3v) is 6.98. The Hall–Kier alpha value is -4.12. The minimum Gasteiger partial charge on any atom is -0.478 e. The van der Waals surface area contributed by atoms with Gasteiger partial charge in [-0.25, -0.2) is 4.79 Å². The summed E-state index contributed by atoms with van der Waals surface area (Å²) in [6, 6.07) is 15.7. The number of hydrogen-bond donors (Lipinski definition) is 1. The topological polar surface area (TPSA) is 58.4 Å². The normalized spacial score (nSPS) is 17.9. The summed E-state index contributed by atoms with van der Waals surface area (Å²) in [6.45, 7) is 10.8. The average molecular weight is 494 g/mol. The lowest BCUT2D eigenvalue weighted by atomic mass is 9.83. The minimum absolute atomic E-state index is 0.0491. The summed E-state index contributed by atoms with van der Waals surface area (Å²) in [5, 5.41) is 13.4. The Morgan fingerprint density at radius 2 is 1.84 bits per heavy atom. The molecule has 0 radical (unpaired) electrons. The number of allylic oxidation sites excluding steroid dienone is 4. The molecule has 3 aromatic rings. The van der Waals surface area contributed by atoms with Gasteiger partial charge in [0.05, 0.1) is 12.2 Å². The highest BCUT2D eigenvalue weighted by molar-refractivity contribution is 5.80. The fraction of sp³-hybridized carbons (Fsp3) is 0.250. The molecule has 0 fully saturated rings. The quantitative estimate of drug-likeness (QED) is 0.276. The molecule has 5 heteroatoms. The van der Waals surface area contributed by atoms with Crippen LogP contribution in [0, 0.1) is 0 Å². The predicted molar refractivity (Wildman–Crippen MR) is 152 cm³/mol. The van der Waals surface area contributed by atoms with Crippen molar-refractivity contribution in [3.05, 3.63) is 120 Å². The van der Waals surface area contributed by atoms with Crippen LogP contribution in [-0.4, -0.2) is 26.9 Å². The molecule has 0 spiro atoms. The van der Waals surface area contributed by atoms with Crippen molar-refractivity contribution in [2.75, 3.05) is 4.90 Å². The summed E-state index contributed by atoms with van der Waals surface area (Å²) < 4.78 is 1.83. The number of aryl methyl sites for hydroxylation is 2. The van der Waals surface area contributed by atoms with Gasteiger partial charge in [-0.2, -0.15) is 5.10 Å². The summed E-state index contributed by atoms with van der Waals surface area (Å²) >= 11 is 0. The summed E-state index contributed by atoms with van der Waals surface area (Å²) in [5.41, 5.74) is 9.07. The van der Waals surface area contributed by atoms with Gasteiger partial charge in [0, 0.05) is 36.6 Å². The summed E-state index contributed by atoms with van der Waals surface area (Å²) in [6.07, 6.45) is 14.5. The summed E-state index contributed by atoms with van der Waals surface area (Å²) in [5.74, 6) is -0.965. The number of aliphatic carboxylic acids is 1. The molecule has 190 valence electrons. The molecule has 1 N–H and O–H groups in total. The maximum Gasteiger partial charge on any atom is 0.328 e. The highest BCUT2D eigenvalue weighted by atomic mass is 16.4. The Balaban J connectivity index is 1.76. The first-order valence-electron chi connectivity index (χ1n) is 12.7. The molecule has 1 aliphatic heterocycles. The fourth-order valence-corrected chi connectivity index (χ4v) is 5.02. The van der Waals surface area contributed by atoms with Crippen LogP contribution < -0.4 is 4.90 Å². The zero-order chi connectivity index (χ0) is 26.5. The van der Waals surface area contributed by atoms with Crippen LogP contribution in [0.25, 0.3) is 11.1 Å². The largest absolute Gasteiger partial charge is 0.478 e. The summed E-state index contributed by atoms with van der Waals surface area (Å²) in [4.78, 5) is 13.4. The first kappa shape index (κ1) is 26.0. The van der Waals surface area contributed by atoms with Crippen LogP contribution in [0.2, 0.25) is 0 Å². The van der Waals surface area contributed by atoms with E-state index in [0.29, 0.717) is 0 Å². The van der Waals surface area contributed by atoms with E-state index in [1.54, 1.807) is 6.08 Å². The number of rotatable bonds is 8. The Morgan fingerprint density at radius 3 is 2.46 bits per heavy atom. The molecule has 1 aliphatic rings. The Labute approximate surface area is 219 Å². The predicted octanol–water partition coefficient (Wildman–Crippen LogP) is 6.84. The number of anilines is 1. The standard InChI is InChI=1S/C32H35N3O2/c1-6-24(12-17-31(36)37)9-8-22(3)32-30-16-13-26(28-20-33-34(5)21-28)19-27(30)18-23(4)35(32)29-14-10-25(7-2)11-15-29/h6,8-17,19-21,23,32H,3,7,18H2,1-2,4-5H3,(H,36,37)/b9-8-,17-12+,24-6+/t23-,32-/m1/s1. The first-order valence-corrected chi connectivity index (χ1v) is 12.7. The van der Waals surface area contributed by atoms with E-state index in [2.05, 4.69) is 72.9 Å². The van der Waals surface area contributed by atoms with Crippen molar-refractivity contribution in [1.29, 1.82) is 0 Å². The highest BCUT2D eigenvalue weighted by Gasteiger charge is 2.33. The molecule has 0 amide bonds. The maximum absolute atomic E-state index is 11.0. The Morgan fingerprint density at radius 1 is 1.11 bits per heavy atom. The highest BCUT2D eigenvalue weighted by Crippen LogP contribution is 2.42. The molecule has 0 bridgehead atoms. The van der Waals surface area contributed by atoms with Crippen LogP contribution in [0.1, 0.15) is 43.5 Å². The van der Waals surface area contributed by atoms with Crippen LogP contribution in [0.4, 0.5) is 5.69 Å². The minimum atomic E-state index is -0.965. The van der Waals surface area contributed by atoms with Crippen molar-refractivity contribution < 1.29 is 9.90 Å². The molecule has 37 heavy (non-hydrogen) atoms. The van der Waals surface area contributed by atoms with Crippen LogP contribution in [0.5, 0.6) is 0 Å². The van der Waals surface area contributed by atoms with E-state index in [9.17, 15) is 4.79 Å². The lowest BCUT2D eigenvalue weighted by molar-refractivity contribution is -0.131. The monoisotopic (exact) mass is 493 g/mol. The molecule has 0 unspecified atom stereocenters. The van der Waals surface area contributed by atoms with Crippen LogP contribution in [-0.2, 0) is 24.7 Å². The summed E-state index contributed by atoms with van der Waals surface area (Å²) in [7, 11) is 1.93. The fourth-order valence-electron chi connectivity index (χ4n) is 5.02. The van der Waals surface area contributed by atoms with Crippen LogP contribution >= 0.6 is 0 Å². The SMILES string of the molecule is C=C(\C=C/C(/C=C/C(=O)O)=C\C)[C@@H]1c2ccc(-c3cnn(C)c3)cc2C[C@@H](C)N1c1ccc(CC)cc1. The lowest BCUT2D eigenvalue weighted by Gasteiger charge is -2.44. The van der Waals surface area contributed by atoms with Crippen molar-refractivity contribution in [2.24, 2.45) is 7.05 Å². The third-order valence-electron chi connectivity index (χ3n) is 6.98. The molecule has 5 nitrogen and oxygen atoms in total. The van der Waals surface area contributed by atoms with Gasteiger partial charge in [-0.05, 0) is 78.3 Å². The van der Waals surface area contributed by atoms with E-state index in [0.717, 1.165) is 41.2 Å². The van der Waals surface area contributed by atoms with Crippen molar-refractivity contribution in [1.82, 2.24) is 9.78 Å². The van der Waals surface area contributed by atoms with Gasteiger partial charge in [-0.15, -0.1) is 0 Å². The molecule has 4 rings (SSSR count). The molecule has 2 aromatic carbocycles. The average Bonchev–Trinajstić information content (AvgIpc) is 3.33. The van der Waals surface area contributed by atoms with Gasteiger partial charge in [0.25, 0.3) is 0 Å². The number of carbonyl (C=O) groups is 1. The molecule has 2 atom stereocenters. The Kier molecular flexibility index (Phi) is 7.92. The molecular formula is C32H35N3O2. The van der Waals surface area contributed by atoms with E-state index < -0.39 is 5.97 Å². The zero-order valence-corrected chi connectivity index (χ0v) is 22.1. The number of aromatic nitrogens is 2. The molecule has 1 aromatic heterocycles. The van der Waals surface area contributed by atoms with Crippen molar-refractivity contribution >= 4 is 11.7 Å². The van der Waals surface area contributed by atoms with Crippen LogP contribution in [0.15, 0.2) is 103 Å². The van der Waals surface area contributed by atoms with Gasteiger partial charge < -0.3 is 10.0 Å². The van der Waals surface area contributed by atoms with Gasteiger partial charge >= 0.3 is 5.97 Å². The second-order valence-electron chi connectivity index (χ2n) is 9.57. The van der Waals surface area contributed by atoms with E-state index in [4.69, 9.17) is 5.11 Å². The molecular weight excluding hydrogens is 458 g/mol.